The highest BCUT2D eigenvalue weighted by atomic mass is 16.3. The standard InChI is InChI=1S/C26H26O/c1-18-10-12-23(13-11-18)26(27)24-14-19-6-2-3-7-20(19)15-25(26)17-22-9-5-4-8-21(22)16-24/h2-13,24-25,27H,14-17H2,1H3. The molecule has 5 rings (SSSR count). The molecule has 1 N–H and O–H groups in total. The molecule has 0 unspecified atom stereocenters. The van der Waals surface area contributed by atoms with E-state index >= 15 is 0 Å². The van der Waals surface area contributed by atoms with Gasteiger partial charge in [0.25, 0.3) is 0 Å². The van der Waals surface area contributed by atoms with E-state index in [1.54, 1.807) is 0 Å². The zero-order valence-electron chi connectivity index (χ0n) is 15.9. The molecular formula is C26H26O. The van der Waals surface area contributed by atoms with Crippen molar-refractivity contribution in [1.82, 2.24) is 0 Å². The molecule has 136 valence electrons. The smallest absolute Gasteiger partial charge is 0.0965 e. The van der Waals surface area contributed by atoms with Gasteiger partial charge in [-0.3, -0.25) is 0 Å². The minimum absolute atomic E-state index is 0.192. The number of benzene rings is 3. The normalized spacial score (nSPS) is 26.4. The maximum absolute atomic E-state index is 12.3. The molecule has 2 aliphatic rings. The number of hydrogen-bond donors (Lipinski definition) is 1. The maximum Gasteiger partial charge on any atom is 0.0965 e. The van der Waals surface area contributed by atoms with Gasteiger partial charge in [0.15, 0.2) is 0 Å². The fraction of sp³-hybridized carbons (Fsp3) is 0.308. The molecule has 3 aromatic carbocycles. The molecule has 2 bridgehead atoms. The summed E-state index contributed by atoms with van der Waals surface area (Å²) in [6.45, 7) is 2.11. The number of rotatable bonds is 1. The second-order valence-electron chi connectivity index (χ2n) is 8.44. The molecule has 0 heterocycles. The molecule has 1 nitrogen and oxygen atoms in total. The molecule has 0 aliphatic heterocycles. The number of aliphatic hydroxyl groups is 1. The van der Waals surface area contributed by atoms with Crippen LogP contribution in [0.15, 0.2) is 72.8 Å². The first-order valence-electron chi connectivity index (χ1n) is 10.1. The second-order valence-corrected chi connectivity index (χ2v) is 8.44. The number of hydrogen-bond acceptors (Lipinski definition) is 1. The van der Waals surface area contributed by atoms with Gasteiger partial charge in [-0.05, 0) is 60.4 Å². The summed E-state index contributed by atoms with van der Waals surface area (Å²) in [6, 6.07) is 26.2. The van der Waals surface area contributed by atoms with Gasteiger partial charge in [0.1, 0.15) is 0 Å². The Hall–Kier alpha value is -2.38. The van der Waals surface area contributed by atoms with E-state index < -0.39 is 5.60 Å². The molecule has 3 aromatic rings. The monoisotopic (exact) mass is 354 g/mol. The summed E-state index contributed by atoms with van der Waals surface area (Å²) >= 11 is 0. The molecule has 0 fully saturated rings. The Bertz CT molecular complexity index is 864. The van der Waals surface area contributed by atoms with Crippen LogP contribution in [-0.4, -0.2) is 5.11 Å². The molecule has 2 aliphatic carbocycles. The van der Waals surface area contributed by atoms with E-state index in [0.29, 0.717) is 0 Å². The summed E-state index contributed by atoms with van der Waals surface area (Å²) in [6.07, 6.45) is 3.74. The molecule has 0 spiro atoms. The third-order valence-corrected chi connectivity index (χ3v) is 6.86. The fourth-order valence-corrected chi connectivity index (χ4v) is 5.37. The molecule has 0 amide bonds. The minimum Gasteiger partial charge on any atom is -0.385 e. The lowest BCUT2D eigenvalue weighted by Crippen LogP contribution is -2.43. The summed E-state index contributed by atoms with van der Waals surface area (Å²) in [5.41, 5.74) is 7.18. The first-order chi connectivity index (χ1) is 13.1. The lowest BCUT2D eigenvalue weighted by atomic mass is 9.69. The van der Waals surface area contributed by atoms with Crippen LogP contribution in [0.2, 0.25) is 0 Å². The van der Waals surface area contributed by atoms with Crippen LogP contribution in [0.4, 0.5) is 0 Å². The molecule has 0 atom stereocenters. The van der Waals surface area contributed by atoms with E-state index in [1.807, 2.05) is 0 Å². The average molecular weight is 354 g/mol. The minimum atomic E-state index is -0.800. The maximum atomic E-state index is 12.3. The Morgan fingerprint density at radius 2 is 1.00 bits per heavy atom. The van der Waals surface area contributed by atoms with Gasteiger partial charge in [-0.25, -0.2) is 0 Å². The van der Waals surface area contributed by atoms with Gasteiger partial charge in [-0.1, -0.05) is 78.4 Å². The lowest BCUT2D eigenvalue weighted by Gasteiger charge is -2.40. The summed E-state index contributed by atoms with van der Waals surface area (Å²) in [4.78, 5) is 0. The van der Waals surface area contributed by atoms with Gasteiger partial charge in [-0.2, -0.15) is 0 Å². The van der Waals surface area contributed by atoms with E-state index in [1.165, 1.54) is 27.8 Å². The number of aryl methyl sites for hydroxylation is 1. The van der Waals surface area contributed by atoms with Crippen molar-refractivity contribution in [2.75, 3.05) is 0 Å². The van der Waals surface area contributed by atoms with Crippen molar-refractivity contribution in [1.29, 1.82) is 0 Å². The highest BCUT2D eigenvalue weighted by molar-refractivity contribution is 5.40. The summed E-state index contributed by atoms with van der Waals surface area (Å²) in [7, 11) is 0. The van der Waals surface area contributed by atoms with Crippen LogP contribution in [0.1, 0.15) is 33.4 Å². The van der Waals surface area contributed by atoms with Crippen LogP contribution in [0.3, 0.4) is 0 Å². The highest BCUT2D eigenvalue weighted by Gasteiger charge is 2.48. The molecule has 0 aromatic heterocycles. The Kier molecular flexibility index (Phi) is 3.94. The van der Waals surface area contributed by atoms with Crippen molar-refractivity contribution >= 4 is 0 Å². The molecular weight excluding hydrogens is 328 g/mol. The second kappa shape index (κ2) is 6.35. The Balaban J connectivity index is 1.70. The van der Waals surface area contributed by atoms with Crippen molar-refractivity contribution in [3.05, 3.63) is 106 Å². The third-order valence-electron chi connectivity index (χ3n) is 6.86. The Morgan fingerprint density at radius 3 is 1.37 bits per heavy atom. The van der Waals surface area contributed by atoms with Gasteiger partial charge in [0, 0.05) is 11.8 Å². The van der Waals surface area contributed by atoms with Gasteiger partial charge >= 0.3 is 0 Å². The Labute approximate surface area is 161 Å². The van der Waals surface area contributed by atoms with Crippen LogP contribution in [-0.2, 0) is 31.3 Å². The lowest BCUT2D eigenvalue weighted by molar-refractivity contribution is -0.0712. The first-order valence-corrected chi connectivity index (χ1v) is 10.1. The quantitative estimate of drug-likeness (QED) is 0.651. The van der Waals surface area contributed by atoms with E-state index in [0.717, 1.165) is 31.2 Å². The van der Waals surface area contributed by atoms with E-state index in [-0.39, 0.29) is 11.8 Å². The SMILES string of the molecule is Cc1ccc(C2(O)C3Cc4ccccc4CC2Cc2ccccc2C3)cc1. The predicted molar refractivity (Wildman–Crippen MR) is 110 cm³/mol. The van der Waals surface area contributed by atoms with Crippen LogP contribution in [0.5, 0.6) is 0 Å². The largest absolute Gasteiger partial charge is 0.385 e. The molecule has 0 saturated heterocycles. The van der Waals surface area contributed by atoms with Gasteiger partial charge < -0.3 is 5.11 Å². The zero-order valence-corrected chi connectivity index (χ0v) is 15.9. The number of fused-ring (bicyclic) bond motifs is 4. The van der Waals surface area contributed by atoms with Crippen LogP contribution < -0.4 is 0 Å². The third kappa shape index (κ3) is 2.73. The Morgan fingerprint density at radius 1 is 0.630 bits per heavy atom. The van der Waals surface area contributed by atoms with Crippen molar-refractivity contribution in [3.63, 3.8) is 0 Å². The molecule has 27 heavy (non-hydrogen) atoms. The average Bonchev–Trinajstić information content (AvgIpc) is 2.88. The van der Waals surface area contributed by atoms with Gasteiger partial charge in [0.05, 0.1) is 5.60 Å². The molecule has 0 saturated carbocycles. The zero-order chi connectivity index (χ0) is 18.4. The van der Waals surface area contributed by atoms with E-state index in [4.69, 9.17) is 0 Å². The van der Waals surface area contributed by atoms with Crippen molar-refractivity contribution < 1.29 is 5.11 Å². The summed E-state index contributed by atoms with van der Waals surface area (Å²) in [5, 5.41) is 12.3. The molecule has 0 radical (unpaired) electrons. The van der Waals surface area contributed by atoms with E-state index in [2.05, 4.69) is 79.7 Å². The van der Waals surface area contributed by atoms with Crippen LogP contribution >= 0.6 is 0 Å². The van der Waals surface area contributed by atoms with Crippen LogP contribution in [0.25, 0.3) is 0 Å². The van der Waals surface area contributed by atoms with Crippen molar-refractivity contribution in [2.24, 2.45) is 11.8 Å². The van der Waals surface area contributed by atoms with Crippen molar-refractivity contribution in [2.45, 2.75) is 38.2 Å². The topological polar surface area (TPSA) is 20.2 Å². The summed E-state index contributed by atoms with van der Waals surface area (Å²) < 4.78 is 0. The fourth-order valence-electron chi connectivity index (χ4n) is 5.37. The highest BCUT2D eigenvalue weighted by Crippen LogP contribution is 2.48. The predicted octanol–water partition coefficient (Wildman–Crippen LogP) is 5.01. The van der Waals surface area contributed by atoms with Gasteiger partial charge in [-0.15, -0.1) is 0 Å². The van der Waals surface area contributed by atoms with E-state index in [9.17, 15) is 5.11 Å². The first kappa shape index (κ1) is 16.8. The van der Waals surface area contributed by atoms with Crippen molar-refractivity contribution in [3.8, 4) is 0 Å². The van der Waals surface area contributed by atoms with Crippen LogP contribution in [0, 0.1) is 18.8 Å². The summed E-state index contributed by atoms with van der Waals surface area (Å²) in [5.74, 6) is 0.384. The van der Waals surface area contributed by atoms with Gasteiger partial charge in [0.2, 0.25) is 0 Å². The molecule has 1 heteroatoms.